The van der Waals surface area contributed by atoms with Crippen molar-refractivity contribution in [2.45, 2.75) is 18.9 Å². The van der Waals surface area contributed by atoms with Crippen molar-refractivity contribution in [2.75, 3.05) is 20.1 Å². The second kappa shape index (κ2) is 10.6. The van der Waals surface area contributed by atoms with Gasteiger partial charge in [0.25, 0.3) is 5.91 Å². The van der Waals surface area contributed by atoms with E-state index >= 15 is 0 Å². The minimum atomic E-state index is -0.810. The van der Waals surface area contributed by atoms with Gasteiger partial charge in [-0.05, 0) is 37.1 Å². The van der Waals surface area contributed by atoms with Crippen molar-refractivity contribution < 1.29 is 18.4 Å². The molecule has 1 aliphatic rings. The number of amides is 3. The number of allylic oxidation sites excluding steroid dienone is 1. The van der Waals surface area contributed by atoms with E-state index in [1.165, 1.54) is 0 Å². The maximum atomic E-state index is 13.3. The molecule has 0 bridgehead atoms. The molecule has 2 N–H and O–H groups in total. The third-order valence-corrected chi connectivity index (χ3v) is 5.39. The molecule has 1 fully saturated rings. The topological polar surface area (TPSA) is 88.9 Å². The lowest BCUT2D eigenvalue weighted by molar-refractivity contribution is 0.0668. The number of amidine groups is 1. The zero-order valence-corrected chi connectivity index (χ0v) is 18.2. The van der Waals surface area contributed by atoms with Gasteiger partial charge >= 0.3 is 6.03 Å². The van der Waals surface area contributed by atoms with Gasteiger partial charge in [0.2, 0.25) is 0 Å². The quantitative estimate of drug-likeness (QED) is 0.533. The van der Waals surface area contributed by atoms with Crippen LogP contribution in [0.15, 0.2) is 65.8 Å². The van der Waals surface area contributed by atoms with Crippen LogP contribution in [-0.2, 0) is 0 Å². The van der Waals surface area contributed by atoms with Gasteiger partial charge in [-0.2, -0.15) is 0 Å². The molecule has 0 aromatic heterocycles. The fourth-order valence-electron chi connectivity index (χ4n) is 3.55. The van der Waals surface area contributed by atoms with Crippen LogP contribution in [0.2, 0.25) is 0 Å². The van der Waals surface area contributed by atoms with E-state index in [9.17, 15) is 18.4 Å². The Morgan fingerprint density at radius 3 is 2.33 bits per heavy atom. The second-order valence-electron chi connectivity index (χ2n) is 7.72. The van der Waals surface area contributed by atoms with Crippen molar-refractivity contribution in [3.05, 3.63) is 83.6 Å². The predicted molar refractivity (Wildman–Crippen MR) is 122 cm³/mol. The Morgan fingerprint density at radius 2 is 1.73 bits per heavy atom. The SMILES string of the molecule is C=C(/C=N\C(=N)c1cc(F)cc(F)c1)NC(=O)N(C)C1CCN(C(=O)c2ccccc2)CC1. The molecule has 0 unspecified atom stereocenters. The van der Waals surface area contributed by atoms with Crippen LogP contribution < -0.4 is 5.32 Å². The number of aliphatic imine (C=N–C) groups is 1. The van der Waals surface area contributed by atoms with Crippen molar-refractivity contribution in [1.82, 2.24) is 15.1 Å². The van der Waals surface area contributed by atoms with Crippen LogP contribution in [0.3, 0.4) is 0 Å². The number of rotatable bonds is 5. The minimum Gasteiger partial charge on any atom is -0.338 e. The van der Waals surface area contributed by atoms with Gasteiger partial charge in [0, 0.05) is 43.4 Å². The molecule has 9 heteroatoms. The van der Waals surface area contributed by atoms with Gasteiger partial charge in [-0.25, -0.2) is 18.6 Å². The third-order valence-electron chi connectivity index (χ3n) is 5.39. The lowest BCUT2D eigenvalue weighted by Crippen LogP contribution is -2.49. The van der Waals surface area contributed by atoms with Gasteiger partial charge in [-0.3, -0.25) is 10.2 Å². The zero-order valence-electron chi connectivity index (χ0n) is 18.2. The van der Waals surface area contributed by atoms with Crippen molar-refractivity contribution >= 4 is 24.0 Å². The summed E-state index contributed by atoms with van der Waals surface area (Å²) >= 11 is 0. The number of nitrogens with one attached hydrogen (secondary N) is 2. The molecule has 1 heterocycles. The number of hydrogen-bond donors (Lipinski definition) is 2. The summed E-state index contributed by atoms with van der Waals surface area (Å²) in [6.07, 6.45) is 2.43. The molecule has 2 aromatic carbocycles. The van der Waals surface area contributed by atoms with Crippen molar-refractivity contribution in [1.29, 1.82) is 5.41 Å². The average Bonchev–Trinajstić information content (AvgIpc) is 2.81. The number of piperidine rings is 1. The summed E-state index contributed by atoms with van der Waals surface area (Å²) in [5.41, 5.74) is 0.742. The second-order valence-corrected chi connectivity index (χ2v) is 7.72. The number of urea groups is 1. The van der Waals surface area contributed by atoms with Crippen LogP contribution in [0.4, 0.5) is 13.6 Å². The van der Waals surface area contributed by atoms with E-state index in [0.717, 1.165) is 18.3 Å². The molecule has 33 heavy (non-hydrogen) atoms. The first-order valence-corrected chi connectivity index (χ1v) is 10.4. The van der Waals surface area contributed by atoms with E-state index in [2.05, 4.69) is 16.9 Å². The molecule has 3 rings (SSSR count). The van der Waals surface area contributed by atoms with Gasteiger partial charge in [-0.1, -0.05) is 24.8 Å². The maximum absolute atomic E-state index is 13.3. The molecule has 0 aliphatic carbocycles. The summed E-state index contributed by atoms with van der Waals surface area (Å²) in [6, 6.07) is 11.3. The Labute approximate surface area is 190 Å². The minimum absolute atomic E-state index is 0.0219. The smallest absolute Gasteiger partial charge is 0.321 e. The Morgan fingerprint density at radius 1 is 1.12 bits per heavy atom. The van der Waals surface area contributed by atoms with Crippen LogP contribution in [0, 0.1) is 17.0 Å². The monoisotopic (exact) mass is 453 g/mol. The summed E-state index contributed by atoms with van der Waals surface area (Å²) in [5.74, 6) is -2.01. The Bertz CT molecular complexity index is 1060. The van der Waals surface area contributed by atoms with E-state index in [1.807, 2.05) is 18.2 Å². The molecule has 1 saturated heterocycles. The predicted octanol–water partition coefficient (Wildman–Crippen LogP) is 3.82. The normalized spacial score (nSPS) is 14.2. The Balaban J connectivity index is 1.49. The molecule has 7 nitrogen and oxygen atoms in total. The summed E-state index contributed by atoms with van der Waals surface area (Å²) < 4.78 is 26.6. The van der Waals surface area contributed by atoms with Gasteiger partial charge in [0.15, 0.2) is 5.84 Å². The highest BCUT2D eigenvalue weighted by molar-refractivity contribution is 6.03. The van der Waals surface area contributed by atoms with Crippen molar-refractivity contribution in [2.24, 2.45) is 4.99 Å². The first-order valence-electron chi connectivity index (χ1n) is 10.4. The maximum Gasteiger partial charge on any atom is 0.321 e. The molecule has 0 radical (unpaired) electrons. The average molecular weight is 453 g/mol. The largest absolute Gasteiger partial charge is 0.338 e. The molecule has 0 spiro atoms. The fourth-order valence-corrected chi connectivity index (χ4v) is 3.55. The number of nitrogens with zero attached hydrogens (tertiary/aromatic N) is 3. The molecule has 0 atom stereocenters. The summed E-state index contributed by atoms with van der Waals surface area (Å²) in [6.45, 7) is 4.77. The lowest BCUT2D eigenvalue weighted by Gasteiger charge is -2.36. The third kappa shape index (κ3) is 6.31. The van der Waals surface area contributed by atoms with Gasteiger partial charge in [0.1, 0.15) is 11.6 Å². The molecule has 0 saturated carbocycles. The summed E-state index contributed by atoms with van der Waals surface area (Å²) in [5, 5.41) is 10.4. The first kappa shape index (κ1) is 23.8. The molecule has 172 valence electrons. The number of carbonyl (C=O) groups is 2. The highest BCUT2D eigenvalue weighted by atomic mass is 19.1. The number of hydrogen-bond acceptors (Lipinski definition) is 3. The Hall–Kier alpha value is -3.88. The molecule has 2 aromatic rings. The molecular weight excluding hydrogens is 428 g/mol. The van der Waals surface area contributed by atoms with E-state index in [-0.39, 0.29) is 29.0 Å². The van der Waals surface area contributed by atoms with Crippen LogP contribution in [0.5, 0.6) is 0 Å². The molecule has 1 aliphatic heterocycles. The number of carbonyl (C=O) groups excluding carboxylic acids is 2. The van der Waals surface area contributed by atoms with Gasteiger partial charge in [-0.15, -0.1) is 0 Å². The highest BCUT2D eigenvalue weighted by Crippen LogP contribution is 2.18. The van der Waals surface area contributed by atoms with Crippen LogP contribution in [0.1, 0.15) is 28.8 Å². The number of benzene rings is 2. The van der Waals surface area contributed by atoms with Crippen LogP contribution >= 0.6 is 0 Å². The lowest BCUT2D eigenvalue weighted by atomic mass is 10.0. The van der Waals surface area contributed by atoms with Gasteiger partial charge in [0.05, 0.1) is 11.9 Å². The van der Waals surface area contributed by atoms with Gasteiger partial charge < -0.3 is 15.1 Å². The van der Waals surface area contributed by atoms with Crippen molar-refractivity contribution in [3.8, 4) is 0 Å². The molecular formula is C24H25F2N5O2. The van der Waals surface area contributed by atoms with E-state index < -0.39 is 17.7 Å². The zero-order chi connectivity index (χ0) is 24.0. The highest BCUT2D eigenvalue weighted by Gasteiger charge is 2.28. The van der Waals surface area contributed by atoms with E-state index in [4.69, 9.17) is 5.41 Å². The fraction of sp³-hybridized carbons (Fsp3) is 0.250. The number of likely N-dealkylation sites (tertiary alicyclic amines) is 1. The standard InChI is InChI=1S/C24H25F2N5O2/c1-16(15-28-22(27)18-12-19(25)14-20(26)13-18)29-24(33)30(2)21-8-10-31(11-9-21)23(32)17-6-4-3-5-7-17/h3-7,12-15,21,27H,1,8-11H2,2H3,(H,29,33)/b27-22?,28-15-. The summed E-state index contributed by atoms with van der Waals surface area (Å²) in [7, 11) is 1.66. The van der Waals surface area contributed by atoms with Crippen molar-refractivity contribution in [3.63, 3.8) is 0 Å². The Kier molecular flexibility index (Phi) is 7.66. The summed E-state index contributed by atoms with van der Waals surface area (Å²) in [4.78, 5) is 32.3. The number of halogens is 2. The van der Waals surface area contributed by atoms with Crippen LogP contribution in [-0.4, -0.2) is 60.0 Å². The van der Waals surface area contributed by atoms with E-state index in [1.54, 1.807) is 29.0 Å². The first-order chi connectivity index (χ1) is 15.7. The molecule has 3 amide bonds. The van der Waals surface area contributed by atoms with E-state index in [0.29, 0.717) is 37.6 Å². The van der Waals surface area contributed by atoms with Crippen LogP contribution in [0.25, 0.3) is 0 Å².